The highest BCUT2D eigenvalue weighted by molar-refractivity contribution is 8.00. The number of hydrogen-bond donors (Lipinski definition) is 1. The lowest BCUT2D eigenvalue weighted by molar-refractivity contribution is -0.141. The minimum Gasteiger partial charge on any atom is -0.252 e. The van der Waals surface area contributed by atoms with Crippen molar-refractivity contribution in [3.8, 4) is 0 Å². The monoisotopic (exact) mass is 266 g/mol. The van der Waals surface area contributed by atoms with E-state index in [0.29, 0.717) is 10.4 Å². The van der Waals surface area contributed by atoms with Crippen molar-refractivity contribution in [1.82, 2.24) is 9.71 Å². The van der Waals surface area contributed by atoms with Crippen LogP contribution in [-0.2, 0) is 15.9 Å². The maximum atomic E-state index is 12.3. The Kier molecular flexibility index (Phi) is 3.83. The lowest BCUT2D eigenvalue weighted by Gasteiger charge is -2.10. The van der Waals surface area contributed by atoms with Crippen LogP contribution < -0.4 is 4.72 Å². The molecule has 3 nitrogen and oxygen atoms in total. The molecule has 1 rings (SSSR count). The van der Waals surface area contributed by atoms with Crippen molar-refractivity contribution >= 4 is 14.6 Å². The van der Waals surface area contributed by atoms with Crippen LogP contribution in [0.25, 0.3) is 0 Å². The summed E-state index contributed by atoms with van der Waals surface area (Å²) in [5.41, 5.74) is -0.527. The van der Waals surface area contributed by atoms with Gasteiger partial charge in [-0.25, -0.2) is 4.72 Å². The van der Waals surface area contributed by atoms with Crippen LogP contribution in [-0.4, -0.2) is 27.4 Å². The summed E-state index contributed by atoms with van der Waals surface area (Å²) in [6.45, 7) is 1.60. The molecule has 0 amide bonds. The average Bonchev–Trinajstić information content (AvgIpc) is 2.27. The van der Waals surface area contributed by atoms with Gasteiger partial charge in [0.1, 0.15) is 5.69 Å². The molecule has 0 spiro atoms. The van der Waals surface area contributed by atoms with E-state index >= 15 is 0 Å². The third-order valence-corrected chi connectivity index (χ3v) is 4.62. The van der Waals surface area contributed by atoms with Gasteiger partial charge in [-0.05, 0) is 20.0 Å². The van der Waals surface area contributed by atoms with Crippen LogP contribution in [0.15, 0.2) is 18.3 Å². The first-order chi connectivity index (χ1) is 7.68. The molecular weight excluding hydrogens is 253 g/mol. The van der Waals surface area contributed by atoms with Gasteiger partial charge in [0.05, 0.1) is 0 Å². The third-order valence-electron chi connectivity index (χ3n) is 2.43. The Labute approximate surface area is 98.2 Å². The summed E-state index contributed by atoms with van der Waals surface area (Å²) in [7, 11) is -0.873. The van der Waals surface area contributed by atoms with Gasteiger partial charge in [0.15, 0.2) is 0 Å². The first-order valence-corrected chi connectivity index (χ1v) is 6.70. The van der Waals surface area contributed by atoms with E-state index in [1.165, 1.54) is 19.4 Å². The molecule has 0 radical (unpaired) electrons. The zero-order valence-corrected chi connectivity index (χ0v) is 10.4. The first-order valence-electron chi connectivity index (χ1n) is 4.73. The summed E-state index contributed by atoms with van der Waals surface area (Å²) in [5.74, 6) is 0. The number of nitrogens with one attached hydrogen (secondary N) is 1. The Bertz CT molecular complexity index is 513. The standard InChI is InChI=1S/C10H13F3N2OS/c1-7(17(3,16)14-2)8-4-5-9(15-6-8)10(11,12)13/h4-6H,1-3H3,(H,14,16). The predicted molar refractivity (Wildman–Crippen MR) is 62.1 cm³/mol. The number of nitrogens with zero attached hydrogens (tertiary/aromatic N) is 1. The van der Waals surface area contributed by atoms with Crippen molar-refractivity contribution in [2.24, 2.45) is 0 Å². The SMILES string of the molecule is CNS(C)(=O)=C(C)c1ccc(C(F)(F)F)nc1. The van der Waals surface area contributed by atoms with Crippen LogP contribution in [0.4, 0.5) is 13.2 Å². The molecule has 0 aliphatic heterocycles. The van der Waals surface area contributed by atoms with Crippen LogP contribution in [0.3, 0.4) is 0 Å². The van der Waals surface area contributed by atoms with E-state index in [1.54, 1.807) is 6.92 Å². The highest BCUT2D eigenvalue weighted by atomic mass is 32.2. The highest BCUT2D eigenvalue weighted by Crippen LogP contribution is 2.27. The van der Waals surface area contributed by atoms with Crippen molar-refractivity contribution in [3.63, 3.8) is 0 Å². The van der Waals surface area contributed by atoms with E-state index in [0.717, 1.165) is 12.3 Å². The molecule has 0 saturated heterocycles. The molecule has 7 heteroatoms. The molecule has 0 fully saturated rings. The van der Waals surface area contributed by atoms with Crippen LogP contribution in [0.5, 0.6) is 0 Å². The Morgan fingerprint density at radius 3 is 2.35 bits per heavy atom. The molecule has 1 aromatic heterocycles. The largest absolute Gasteiger partial charge is 0.433 e. The van der Waals surface area contributed by atoms with Gasteiger partial charge >= 0.3 is 6.18 Å². The number of halogens is 3. The summed E-state index contributed by atoms with van der Waals surface area (Å²) in [6.07, 6.45) is -1.89. The van der Waals surface area contributed by atoms with Gasteiger partial charge in [-0.1, -0.05) is 6.07 Å². The Hall–Kier alpha value is -1.08. The van der Waals surface area contributed by atoms with Gasteiger partial charge in [0.2, 0.25) is 0 Å². The minimum atomic E-state index is -4.46. The molecule has 0 saturated carbocycles. The molecule has 1 N–H and O–H groups in total. The van der Waals surface area contributed by atoms with Crippen molar-refractivity contribution in [1.29, 1.82) is 0 Å². The lowest BCUT2D eigenvalue weighted by atomic mass is 10.2. The lowest BCUT2D eigenvalue weighted by Crippen LogP contribution is -2.24. The highest BCUT2D eigenvalue weighted by Gasteiger charge is 2.32. The molecule has 0 aliphatic rings. The van der Waals surface area contributed by atoms with E-state index in [9.17, 15) is 17.4 Å². The van der Waals surface area contributed by atoms with Crippen molar-refractivity contribution < 1.29 is 17.4 Å². The molecule has 0 bridgehead atoms. The molecular formula is C10H13F3N2OS. The number of pyridine rings is 1. The molecule has 1 atom stereocenters. The van der Waals surface area contributed by atoms with Crippen LogP contribution in [0.2, 0.25) is 0 Å². The van der Waals surface area contributed by atoms with Gasteiger partial charge in [-0.15, -0.1) is 0 Å². The molecule has 1 unspecified atom stereocenters. The van der Waals surface area contributed by atoms with E-state index in [4.69, 9.17) is 0 Å². The zero-order chi connectivity index (χ0) is 13.3. The maximum absolute atomic E-state index is 12.3. The molecule has 0 aliphatic carbocycles. The van der Waals surface area contributed by atoms with Gasteiger partial charge in [0, 0.05) is 32.6 Å². The molecule has 1 heterocycles. The fourth-order valence-corrected chi connectivity index (χ4v) is 2.02. The number of rotatable bonds is 2. The summed E-state index contributed by atoms with van der Waals surface area (Å²) in [5, 5.41) is 0. The quantitative estimate of drug-likeness (QED) is 0.654. The summed E-state index contributed by atoms with van der Waals surface area (Å²) in [6, 6.07) is 2.15. The maximum Gasteiger partial charge on any atom is 0.433 e. The normalized spacial score (nSPS) is 15.4. The van der Waals surface area contributed by atoms with Gasteiger partial charge in [-0.2, -0.15) is 13.2 Å². The van der Waals surface area contributed by atoms with E-state index in [-0.39, 0.29) is 0 Å². The van der Waals surface area contributed by atoms with E-state index in [1.807, 2.05) is 0 Å². The summed E-state index contributed by atoms with van der Waals surface area (Å²) in [4.78, 5) is 3.79. The molecule has 1 aromatic rings. The van der Waals surface area contributed by atoms with E-state index in [2.05, 4.69) is 9.71 Å². The van der Waals surface area contributed by atoms with Gasteiger partial charge in [0.25, 0.3) is 0 Å². The minimum absolute atomic E-state index is 0.430. The predicted octanol–water partition coefficient (Wildman–Crippen LogP) is 1.69. The fourth-order valence-electron chi connectivity index (χ4n) is 1.15. The smallest absolute Gasteiger partial charge is 0.252 e. The van der Waals surface area contributed by atoms with Crippen molar-refractivity contribution in [3.05, 3.63) is 29.6 Å². The fraction of sp³-hybridized carbons (Fsp3) is 0.400. The number of hydrogen-bond acceptors (Lipinski definition) is 2. The Balaban J connectivity index is 3.22. The van der Waals surface area contributed by atoms with Gasteiger partial charge < -0.3 is 0 Å². The van der Waals surface area contributed by atoms with Crippen molar-refractivity contribution in [2.75, 3.05) is 13.3 Å². The van der Waals surface area contributed by atoms with Crippen LogP contribution >= 0.6 is 0 Å². The topological polar surface area (TPSA) is 42.0 Å². The second kappa shape index (κ2) is 4.66. The number of aromatic nitrogens is 1. The second-order valence-corrected chi connectivity index (χ2v) is 6.24. The average molecular weight is 266 g/mol. The Morgan fingerprint density at radius 2 is 2.00 bits per heavy atom. The molecule has 0 aromatic carbocycles. The van der Waals surface area contributed by atoms with Crippen LogP contribution in [0, 0.1) is 0 Å². The molecule has 17 heavy (non-hydrogen) atoms. The first kappa shape index (κ1) is 14.0. The van der Waals surface area contributed by atoms with Gasteiger partial charge in [-0.3, -0.25) is 9.19 Å². The zero-order valence-electron chi connectivity index (χ0n) is 9.63. The van der Waals surface area contributed by atoms with Crippen LogP contribution in [0.1, 0.15) is 18.2 Å². The summed E-state index contributed by atoms with van der Waals surface area (Å²) < 4.78 is 51.4. The molecule has 96 valence electrons. The van der Waals surface area contributed by atoms with E-state index < -0.39 is 21.6 Å². The third kappa shape index (κ3) is 3.19. The number of alkyl halides is 3. The summed E-state index contributed by atoms with van der Waals surface area (Å²) >= 11 is 0. The van der Waals surface area contributed by atoms with Crippen molar-refractivity contribution in [2.45, 2.75) is 13.1 Å². The second-order valence-electron chi connectivity index (χ2n) is 3.53. The Morgan fingerprint density at radius 1 is 1.41 bits per heavy atom.